The lowest BCUT2D eigenvalue weighted by molar-refractivity contribution is -0.192. The van der Waals surface area contributed by atoms with Crippen molar-refractivity contribution in [3.63, 3.8) is 0 Å². The lowest BCUT2D eigenvalue weighted by atomic mass is 10.0. The van der Waals surface area contributed by atoms with Crippen LogP contribution in [-0.2, 0) is 22.4 Å². The number of nitrogens with one attached hydrogen (secondary N) is 1. The Morgan fingerprint density at radius 1 is 1.00 bits per heavy atom. The monoisotopic (exact) mass is 436 g/mol. The van der Waals surface area contributed by atoms with Crippen molar-refractivity contribution in [1.82, 2.24) is 10.3 Å². The summed E-state index contributed by atoms with van der Waals surface area (Å²) in [6.07, 6.45) is 3.30. The third-order valence-corrected chi connectivity index (χ3v) is 5.86. The fourth-order valence-electron chi connectivity index (χ4n) is 4.09. The van der Waals surface area contributed by atoms with E-state index < -0.39 is 0 Å². The molecule has 0 saturated carbocycles. The van der Waals surface area contributed by atoms with Crippen LogP contribution in [0.15, 0.2) is 48.7 Å². The van der Waals surface area contributed by atoms with Crippen molar-refractivity contribution >= 4 is 10.9 Å². The van der Waals surface area contributed by atoms with Crippen LogP contribution in [0.25, 0.3) is 10.9 Å². The molecule has 168 valence electrons. The second-order valence-electron chi connectivity index (χ2n) is 8.04. The molecular weight excluding hydrogens is 408 g/mol. The van der Waals surface area contributed by atoms with E-state index in [4.69, 9.17) is 23.7 Å². The van der Waals surface area contributed by atoms with E-state index in [9.17, 15) is 0 Å². The van der Waals surface area contributed by atoms with Gasteiger partial charge in [-0.15, -0.1) is 0 Å². The molecule has 2 aliphatic rings. The molecule has 0 bridgehead atoms. The first kappa shape index (κ1) is 21.0. The molecule has 1 fully saturated rings. The Balaban J connectivity index is 1.10. The molecular formula is C25H28N2O5. The Bertz CT molecular complexity index is 1070. The van der Waals surface area contributed by atoms with Crippen LogP contribution in [-0.4, -0.2) is 50.9 Å². The summed E-state index contributed by atoms with van der Waals surface area (Å²) in [5, 5.41) is 4.62. The lowest BCUT2D eigenvalue weighted by Gasteiger charge is -2.30. The van der Waals surface area contributed by atoms with E-state index in [1.165, 1.54) is 5.56 Å². The van der Waals surface area contributed by atoms with Crippen LogP contribution in [0, 0.1) is 0 Å². The lowest BCUT2D eigenvalue weighted by Crippen LogP contribution is -2.44. The minimum atomic E-state index is -0.198. The van der Waals surface area contributed by atoms with E-state index in [1.807, 2.05) is 36.5 Å². The van der Waals surface area contributed by atoms with Crippen LogP contribution in [0.3, 0.4) is 0 Å². The van der Waals surface area contributed by atoms with Crippen molar-refractivity contribution in [2.75, 3.05) is 33.5 Å². The second-order valence-corrected chi connectivity index (χ2v) is 8.04. The summed E-state index contributed by atoms with van der Waals surface area (Å²) >= 11 is 0. The molecule has 1 N–H and O–H groups in total. The molecule has 1 saturated heterocycles. The van der Waals surface area contributed by atoms with Gasteiger partial charge in [-0.3, -0.25) is 4.98 Å². The van der Waals surface area contributed by atoms with Crippen LogP contribution >= 0.6 is 0 Å². The van der Waals surface area contributed by atoms with Crippen LogP contribution in [0.2, 0.25) is 0 Å². The SMILES string of the molecule is COc1ccc2nccc(CC[C@H]3OC[C@H](NCc4ccc5c(c4)OCCO5)CO3)c2c1. The molecule has 7 heteroatoms. The van der Waals surface area contributed by atoms with Gasteiger partial charge in [0.2, 0.25) is 0 Å². The van der Waals surface area contributed by atoms with Crippen molar-refractivity contribution < 1.29 is 23.7 Å². The molecule has 1 aromatic heterocycles. The first-order valence-corrected chi connectivity index (χ1v) is 11.1. The normalized spacial score (nSPS) is 20.3. The van der Waals surface area contributed by atoms with Crippen LogP contribution in [0.1, 0.15) is 17.5 Å². The molecule has 2 aromatic carbocycles. The maximum Gasteiger partial charge on any atom is 0.161 e. The number of benzene rings is 2. The molecule has 3 heterocycles. The van der Waals surface area contributed by atoms with Crippen LogP contribution in [0.5, 0.6) is 17.2 Å². The van der Waals surface area contributed by atoms with Crippen molar-refractivity contribution in [1.29, 1.82) is 0 Å². The zero-order valence-electron chi connectivity index (χ0n) is 18.2. The van der Waals surface area contributed by atoms with E-state index >= 15 is 0 Å². The number of methoxy groups -OCH3 is 1. The Kier molecular flexibility index (Phi) is 6.39. The molecule has 7 nitrogen and oxygen atoms in total. The minimum Gasteiger partial charge on any atom is -0.497 e. The van der Waals surface area contributed by atoms with Gasteiger partial charge in [-0.25, -0.2) is 0 Å². The van der Waals surface area contributed by atoms with E-state index in [0.29, 0.717) is 26.4 Å². The van der Waals surface area contributed by atoms with E-state index in [1.54, 1.807) is 7.11 Å². The topological polar surface area (TPSA) is 71.1 Å². The van der Waals surface area contributed by atoms with Crippen molar-refractivity contribution in [2.24, 2.45) is 0 Å². The molecule has 5 rings (SSSR count). The number of rotatable bonds is 7. The summed E-state index contributed by atoms with van der Waals surface area (Å²) in [6, 6.07) is 14.2. The van der Waals surface area contributed by atoms with Crippen molar-refractivity contribution in [2.45, 2.75) is 31.7 Å². The summed E-state index contributed by atoms with van der Waals surface area (Å²) in [4.78, 5) is 4.45. The predicted molar refractivity (Wildman–Crippen MR) is 120 cm³/mol. The fourth-order valence-corrected chi connectivity index (χ4v) is 4.09. The summed E-state index contributed by atoms with van der Waals surface area (Å²) < 4.78 is 28.6. The molecule has 32 heavy (non-hydrogen) atoms. The summed E-state index contributed by atoms with van der Waals surface area (Å²) in [5.74, 6) is 2.46. The molecule has 0 unspecified atom stereocenters. The zero-order valence-corrected chi connectivity index (χ0v) is 18.2. The first-order chi connectivity index (χ1) is 15.8. The van der Waals surface area contributed by atoms with E-state index in [2.05, 4.69) is 22.4 Å². The van der Waals surface area contributed by atoms with Gasteiger partial charge in [-0.05, 0) is 53.9 Å². The zero-order chi connectivity index (χ0) is 21.8. The molecule has 0 radical (unpaired) electrons. The third kappa shape index (κ3) is 4.80. The fraction of sp³-hybridized carbons (Fsp3) is 0.400. The first-order valence-electron chi connectivity index (χ1n) is 11.1. The van der Waals surface area contributed by atoms with Crippen LogP contribution < -0.4 is 19.5 Å². The van der Waals surface area contributed by atoms with Crippen LogP contribution in [0.4, 0.5) is 0 Å². The number of pyridine rings is 1. The van der Waals surface area contributed by atoms with E-state index in [0.717, 1.165) is 53.1 Å². The summed E-state index contributed by atoms with van der Waals surface area (Å²) in [7, 11) is 1.68. The molecule has 0 aliphatic carbocycles. The Morgan fingerprint density at radius 3 is 2.69 bits per heavy atom. The molecule has 0 atom stereocenters. The average molecular weight is 437 g/mol. The number of aryl methyl sites for hydroxylation is 1. The number of nitrogens with zero attached hydrogens (tertiary/aromatic N) is 1. The van der Waals surface area contributed by atoms with Gasteiger partial charge in [0.15, 0.2) is 17.8 Å². The number of fused-ring (bicyclic) bond motifs is 2. The van der Waals surface area contributed by atoms with Gasteiger partial charge in [0.1, 0.15) is 19.0 Å². The highest BCUT2D eigenvalue weighted by Crippen LogP contribution is 2.30. The van der Waals surface area contributed by atoms with Gasteiger partial charge in [0, 0.05) is 24.5 Å². The number of ether oxygens (including phenoxy) is 5. The standard InChI is InChI=1S/C25H28N2O5/c1-28-20-4-5-22-21(13-20)18(8-9-26-22)3-7-25-31-15-19(16-32-25)27-14-17-2-6-23-24(12-17)30-11-10-29-23/h2,4-6,8-9,12-13,19,25,27H,3,7,10-11,14-16H2,1H3/t19-,25-. The average Bonchev–Trinajstić information content (AvgIpc) is 2.86. The highest BCUT2D eigenvalue weighted by Gasteiger charge is 2.22. The number of hydrogen-bond donors (Lipinski definition) is 1. The highest BCUT2D eigenvalue weighted by atomic mass is 16.7. The van der Waals surface area contributed by atoms with Gasteiger partial charge < -0.3 is 29.0 Å². The smallest absolute Gasteiger partial charge is 0.161 e. The minimum absolute atomic E-state index is 0.158. The quantitative estimate of drug-likeness (QED) is 0.608. The maximum atomic E-state index is 5.98. The van der Waals surface area contributed by atoms with Gasteiger partial charge in [0.25, 0.3) is 0 Å². The number of hydrogen-bond acceptors (Lipinski definition) is 7. The number of aromatic nitrogens is 1. The third-order valence-electron chi connectivity index (χ3n) is 5.86. The molecule has 0 amide bonds. The Morgan fingerprint density at radius 2 is 1.84 bits per heavy atom. The highest BCUT2D eigenvalue weighted by molar-refractivity contribution is 5.83. The van der Waals surface area contributed by atoms with Gasteiger partial charge in [-0.1, -0.05) is 6.07 Å². The molecule has 3 aromatic rings. The summed E-state index contributed by atoms with van der Waals surface area (Å²) in [6.45, 7) is 3.18. The summed E-state index contributed by atoms with van der Waals surface area (Å²) in [5.41, 5.74) is 3.34. The molecule has 2 aliphatic heterocycles. The van der Waals surface area contributed by atoms with Crippen molar-refractivity contribution in [3.05, 3.63) is 59.8 Å². The Hall–Kier alpha value is -2.87. The van der Waals surface area contributed by atoms with Gasteiger partial charge in [-0.2, -0.15) is 0 Å². The second kappa shape index (κ2) is 9.73. The van der Waals surface area contributed by atoms with Crippen molar-refractivity contribution in [3.8, 4) is 17.2 Å². The Labute approximate surface area is 187 Å². The van der Waals surface area contributed by atoms with E-state index in [-0.39, 0.29) is 12.3 Å². The van der Waals surface area contributed by atoms with Gasteiger partial charge >= 0.3 is 0 Å². The predicted octanol–water partition coefficient (Wildman–Crippen LogP) is 3.48. The maximum absolute atomic E-state index is 5.98. The largest absolute Gasteiger partial charge is 0.497 e. The molecule has 0 spiro atoms. The van der Waals surface area contributed by atoms with Gasteiger partial charge in [0.05, 0.1) is 31.9 Å².